The fourth-order valence-corrected chi connectivity index (χ4v) is 5.93. The molecule has 0 amide bonds. The van der Waals surface area contributed by atoms with Crippen LogP contribution in [0.5, 0.6) is 5.75 Å². The number of aryl methyl sites for hydroxylation is 1. The third kappa shape index (κ3) is 3.71. The van der Waals surface area contributed by atoms with Gasteiger partial charge in [0.1, 0.15) is 22.8 Å². The maximum atomic E-state index is 13.9. The highest BCUT2D eigenvalue weighted by Crippen LogP contribution is 2.45. The van der Waals surface area contributed by atoms with E-state index in [1.165, 1.54) is 0 Å². The Bertz CT molecular complexity index is 1380. The number of ether oxygens (including phenoxy) is 2. The van der Waals surface area contributed by atoms with Crippen LogP contribution in [0.25, 0.3) is 16.7 Å². The predicted molar refractivity (Wildman–Crippen MR) is 140 cm³/mol. The Morgan fingerprint density at radius 3 is 2.69 bits per heavy atom. The van der Waals surface area contributed by atoms with Crippen molar-refractivity contribution in [3.63, 3.8) is 0 Å². The SMILES string of the molecule is Cc1ccnc(C(C)C)c1-n1c(=O)nc2c3c(c(Cl)c(N4CCOCC4)nc31)OC[C@H]1CCCCN21. The summed E-state index contributed by atoms with van der Waals surface area (Å²) in [6.45, 7) is 9.97. The quantitative estimate of drug-likeness (QED) is 0.525. The summed E-state index contributed by atoms with van der Waals surface area (Å²) < 4.78 is 13.6. The molecule has 6 rings (SSSR count). The summed E-state index contributed by atoms with van der Waals surface area (Å²) in [6, 6.07) is 2.06. The van der Waals surface area contributed by atoms with Gasteiger partial charge >= 0.3 is 5.69 Å². The van der Waals surface area contributed by atoms with Gasteiger partial charge in [0, 0.05) is 25.8 Å². The van der Waals surface area contributed by atoms with E-state index in [4.69, 9.17) is 26.1 Å². The van der Waals surface area contributed by atoms with Crippen molar-refractivity contribution < 1.29 is 9.47 Å². The highest BCUT2D eigenvalue weighted by molar-refractivity contribution is 6.36. The maximum absolute atomic E-state index is 13.9. The average Bonchev–Trinajstić information content (AvgIpc) is 3.04. The molecule has 36 heavy (non-hydrogen) atoms. The van der Waals surface area contributed by atoms with Crippen LogP contribution >= 0.6 is 11.6 Å². The standard InChI is InChI=1S/C26H31ClN6O3/c1-15(2)20-21(16(3)7-8-28-20)33-24-18-22(19(27)25(29-24)31-10-12-35-13-11-31)36-14-17-6-4-5-9-32(17)23(18)30-26(33)34/h7-8,15,17H,4-6,9-14H2,1-3H3/t17-/m1/s1. The fraction of sp³-hybridized carbons (Fsp3) is 0.538. The monoisotopic (exact) mass is 510 g/mol. The molecule has 190 valence electrons. The fourth-order valence-electron chi connectivity index (χ4n) is 5.62. The number of rotatable bonds is 3. The van der Waals surface area contributed by atoms with Crippen LogP contribution in [0.1, 0.15) is 50.3 Å². The molecular weight excluding hydrogens is 480 g/mol. The minimum Gasteiger partial charge on any atom is -0.489 e. The van der Waals surface area contributed by atoms with Crippen molar-refractivity contribution in [3.8, 4) is 11.4 Å². The summed E-state index contributed by atoms with van der Waals surface area (Å²) >= 11 is 7.03. The molecule has 3 aromatic heterocycles. The lowest BCUT2D eigenvalue weighted by Gasteiger charge is -2.35. The molecule has 0 spiro atoms. The first-order valence-electron chi connectivity index (χ1n) is 12.8. The number of hydrogen-bond acceptors (Lipinski definition) is 8. The molecule has 2 saturated heterocycles. The summed E-state index contributed by atoms with van der Waals surface area (Å²) in [5.41, 5.74) is 2.63. The van der Waals surface area contributed by atoms with Gasteiger partial charge < -0.3 is 19.3 Å². The largest absolute Gasteiger partial charge is 0.489 e. The smallest absolute Gasteiger partial charge is 0.355 e. The number of morpholine rings is 1. The van der Waals surface area contributed by atoms with E-state index in [-0.39, 0.29) is 17.6 Å². The Balaban J connectivity index is 1.72. The summed E-state index contributed by atoms with van der Waals surface area (Å²) in [4.78, 5) is 32.6. The van der Waals surface area contributed by atoms with Gasteiger partial charge in [-0.25, -0.2) is 14.3 Å². The molecule has 10 heteroatoms. The third-order valence-electron chi connectivity index (χ3n) is 7.44. The molecule has 9 nitrogen and oxygen atoms in total. The number of nitrogens with zero attached hydrogens (tertiary/aromatic N) is 6. The van der Waals surface area contributed by atoms with Crippen LogP contribution in [-0.2, 0) is 4.74 Å². The molecule has 3 aliphatic heterocycles. The summed E-state index contributed by atoms with van der Waals surface area (Å²) in [5, 5.41) is 1.16. The number of anilines is 2. The minimum atomic E-state index is -0.365. The van der Waals surface area contributed by atoms with Crippen LogP contribution in [0, 0.1) is 6.92 Å². The molecule has 0 N–H and O–H groups in total. The molecule has 0 saturated carbocycles. The number of pyridine rings is 2. The first-order chi connectivity index (χ1) is 17.5. The van der Waals surface area contributed by atoms with Crippen molar-refractivity contribution in [2.45, 2.75) is 52.0 Å². The molecule has 0 unspecified atom stereocenters. The summed E-state index contributed by atoms with van der Waals surface area (Å²) in [5.74, 6) is 1.89. The van der Waals surface area contributed by atoms with E-state index in [1.54, 1.807) is 10.8 Å². The van der Waals surface area contributed by atoms with Crippen LogP contribution < -0.4 is 20.2 Å². The maximum Gasteiger partial charge on any atom is 0.355 e. The molecule has 0 aromatic carbocycles. The lowest BCUT2D eigenvalue weighted by molar-refractivity contribution is 0.122. The molecule has 3 aliphatic rings. The number of piperidine rings is 1. The van der Waals surface area contributed by atoms with E-state index < -0.39 is 0 Å². The second-order valence-corrected chi connectivity index (χ2v) is 10.5. The Morgan fingerprint density at radius 1 is 1.11 bits per heavy atom. The summed E-state index contributed by atoms with van der Waals surface area (Å²) in [7, 11) is 0. The van der Waals surface area contributed by atoms with Crippen LogP contribution in [0.3, 0.4) is 0 Å². The zero-order valence-corrected chi connectivity index (χ0v) is 21.7. The highest BCUT2D eigenvalue weighted by atomic mass is 35.5. The zero-order chi connectivity index (χ0) is 25.0. The number of hydrogen-bond donors (Lipinski definition) is 0. The zero-order valence-electron chi connectivity index (χ0n) is 21.0. The van der Waals surface area contributed by atoms with Crippen molar-refractivity contribution in [3.05, 3.63) is 39.0 Å². The van der Waals surface area contributed by atoms with Crippen molar-refractivity contribution in [2.75, 3.05) is 49.3 Å². The van der Waals surface area contributed by atoms with Gasteiger partial charge in [-0.1, -0.05) is 25.4 Å². The predicted octanol–water partition coefficient (Wildman–Crippen LogP) is 3.85. The van der Waals surface area contributed by atoms with Gasteiger partial charge in [0.2, 0.25) is 0 Å². The van der Waals surface area contributed by atoms with Gasteiger partial charge in [-0.05, 0) is 43.7 Å². The van der Waals surface area contributed by atoms with E-state index in [9.17, 15) is 4.79 Å². The second kappa shape index (κ2) is 9.19. The molecular formula is C26H31ClN6O3. The van der Waals surface area contributed by atoms with E-state index in [1.807, 2.05) is 13.0 Å². The lowest BCUT2D eigenvalue weighted by Crippen LogP contribution is -2.43. The normalized spacial score (nSPS) is 19.9. The number of halogens is 1. The van der Waals surface area contributed by atoms with Crippen LogP contribution in [0.2, 0.25) is 5.02 Å². The first-order valence-corrected chi connectivity index (χ1v) is 13.2. The van der Waals surface area contributed by atoms with Gasteiger partial charge in [0.05, 0.1) is 30.6 Å². The average molecular weight is 511 g/mol. The molecule has 0 bridgehead atoms. The van der Waals surface area contributed by atoms with Crippen LogP contribution in [0.15, 0.2) is 17.1 Å². The molecule has 0 aliphatic carbocycles. The highest BCUT2D eigenvalue weighted by Gasteiger charge is 2.35. The Kier molecular flexibility index (Phi) is 6.00. The Morgan fingerprint density at radius 2 is 1.92 bits per heavy atom. The Hall–Kier alpha value is -2.91. The van der Waals surface area contributed by atoms with E-state index in [2.05, 4.69) is 33.6 Å². The van der Waals surface area contributed by atoms with Crippen molar-refractivity contribution in [1.82, 2.24) is 19.5 Å². The minimum absolute atomic E-state index is 0.102. The van der Waals surface area contributed by atoms with Gasteiger partial charge in [-0.3, -0.25) is 4.98 Å². The first kappa shape index (κ1) is 23.5. The van der Waals surface area contributed by atoms with Crippen molar-refractivity contribution >= 4 is 34.3 Å². The summed E-state index contributed by atoms with van der Waals surface area (Å²) in [6.07, 6.45) is 4.94. The lowest BCUT2D eigenvalue weighted by atomic mass is 10.0. The van der Waals surface area contributed by atoms with Crippen LogP contribution in [0.4, 0.5) is 11.6 Å². The Labute approximate surface area is 215 Å². The molecule has 3 aromatic rings. The molecule has 2 fully saturated rings. The van der Waals surface area contributed by atoms with Crippen molar-refractivity contribution in [1.29, 1.82) is 0 Å². The van der Waals surface area contributed by atoms with E-state index in [0.29, 0.717) is 66.4 Å². The molecule has 6 heterocycles. The topological polar surface area (TPSA) is 85.6 Å². The van der Waals surface area contributed by atoms with E-state index in [0.717, 1.165) is 42.8 Å². The number of aromatic nitrogens is 4. The molecule has 1 atom stereocenters. The van der Waals surface area contributed by atoms with Gasteiger partial charge in [0.25, 0.3) is 0 Å². The second-order valence-electron chi connectivity index (χ2n) is 10.1. The van der Waals surface area contributed by atoms with Crippen molar-refractivity contribution in [2.24, 2.45) is 0 Å². The van der Waals surface area contributed by atoms with Gasteiger partial charge in [-0.2, -0.15) is 4.98 Å². The van der Waals surface area contributed by atoms with E-state index >= 15 is 0 Å². The van der Waals surface area contributed by atoms with Gasteiger partial charge in [0.15, 0.2) is 17.2 Å². The molecule has 0 radical (unpaired) electrons. The number of fused-ring (bicyclic) bond motifs is 2. The van der Waals surface area contributed by atoms with Gasteiger partial charge in [-0.15, -0.1) is 0 Å². The van der Waals surface area contributed by atoms with Crippen LogP contribution in [-0.4, -0.2) is 65.0 Å². The third-order valence-corrected chi connectivity index (χ3v) is 7.78.